The van der Waals surface area contributed by atoms with Gasteiger partial charge < -0.3 is 15.1 Å². The minimum atomic E-state index is -0.295. The third kappa shape index (κ3) is 1.45. The fraction of sp³-hybridized carbons (Fsp3) is 0.444. The van der Waals surface area contributed by atoms with Gasteiger partial charge in [0.05, 0.1) is 6.54 Å². The van der Waals surface area contributed by atoms with Crippen molar-refractivity contribution in [3.63, 3.8) is 0 Å². The van der Waals surface area contributed by atoms with E-state index in [9.17, 15) is 4.79 Å². The SMILES string of the molecule is Cc1ccc(CN2CC(N)C2=O)o1. The summed E-state index contributed by atoms with van der Waals surface area (Å²) in [6.07, 6.45) is 0. The summed E-state index contributed by atoms with van der Waals surface area (Å²) < 4.78 is 5.34. The largest absolute Gasteiger partial charge is 0.464 e. The first-order valence-corrected chi connectivity index (χ1v) is 4.26. The van der Waals surface area contributed by atoms with Gasteiger partial charge in [0, 0.05) is 6.54 Å². The average Bonchev–Trinajstić information content (AvgIpc) is 2.50. The summed E-state index contributed by atoms with van der Waals surface area (Å²) in [6.45, 7) is 3.06. The molecule has 1 fully saturated rings. The zero-order valence-electron chi connectivity index (χ0n) is 7.49. The molecule has 13 heavy (non-hydrogen) atoms. The highest BCUT2D eigenvalue weighted by atomic mass is 16.3. The van der Waals surface area contributed by atoms with Crippen molar-refractivity contribution in [2.75, 3.05) is 6.54 Å². The molecular weight excluding hydrogens is 168 g/mol. The maximum Gasteiger partial charge on any atom is 0.241 e. The number of carbonyl (C=O) groups excluding carboxylic acids is 1. The Hall–Kier alpha value is -1.29. The predicted molar refractivity (Wildman–Crippen MR) is 46.8 cm³/mol. The van der Waals surface area contributed by atoms with Gasteiger partial charge in [-0.05, 0) is 19.1 Å². The second-order valence-corrected chi connectivity index (χ2v) is 3.34. The first-order valence-electron chi connectivity index (χ1n) is 4.26. The number of carbonyl (C=O) groups is 1. The van der Waals surface area contributed by atoms with Gasteiger partial charge >= 0.3 is 0 Å². The third-order valence-corrected chi connectivity index (χ3v) is 2.19. The van der Waals surface area contributed by atoms with Gasteiger partial charge in [-0.25, -0.2) is 0 Å². The zero-order chi connectivity index (χ0) is 9.42. The van der Waals surface area contributed by atoms with Gasteiger partial charge in [0.15, 0.2) is 0 Å². The molecule has 1 amide bonds. The third-order valence-electron chi connectivity index (χ3n) is 2.19. The molecule has 0 aliphatic carbocycles. The van der Waals surface area contributed by atoms with Crippen LogP contribution in [0.3, 0.4) is 0 Å². The van der Waals surface area contributed by atoms with Gasteiger partial charge in [-0.2, -0.15) is 0 Å². The van der Waals surface area contributed by atoms with Crippen LogP contribution in [-0.4, -0.2) is 23.4 Å². The normalized spacial score (nSPS) is 21.8. The smallest absolute Gasteiger partial charge is 0.241 e. The van der Waals surface area contributed by atoms with Gasteiger partial charge in [0.2, 0.25) is 5.91 Å². The van der Waals surface area contributed by atoms with Gasteiger partial charge in [-0.1, -0.05) is 0 Å². The maximum atomic E-state index is 11.1. The van der Waals surface area contributed by atoms with E-state index < -0.39 is 0 Å². The number of aryl methyl sites for hydroxylation is 1. The molecule has 0 radical (unpaired) electrons. The molecule has 1 saturated heterocycles. The fourth-order valence-electron chi connectivity index (χ4n) is 1.43. The molecule has 0 aromatic carbocycles. The fourth-order valence-corrected chi connectivity index (χ4v) is 1.43. The lowest BCUT2D eigenvalue weighted by atomic mass is 10.1. The summed E-state index contributed by atoms with van der Waals surface area (Å²) in [5.74, 6) is 1.69. The van der Waals surface area contributed by atoms with Crippen molar-refractivity contribution in [1.82, 2.24) is 4.90 Å². The molecule has 2 heterocycles. The summed E-state index contributed by atoms with van der Waals surface area (Å²) in [6, 6.07) is 3.47. The molecule has 1 aromatic rings. The molecule has 2 rings (SSSR count). The molecule has 2 N–H and O–H groups in total. The molecule has 0 saturated carbocycles. The van der Waals surface area contributed by atoms with Crippen molar-refractivity contribution in [3.8, 4) is 0 Å². The van der Waals surface area contributed by atoms with Crippen molar-refractivity contribution in [2.24, 2.45) is 5.73 Å². The van der Waals surface area contributed by atoms with Crippen molar-refractivity contribution >= 4 is 5.91 Å². The Labute approximate surface area is 76.3 Å². The van der Waals surface area contributed by atoms with Crippen LogP contribution >= 0.6 is 0 Å². The number of hydrogen-bond donors (Lipinski definition) is 1. The van der Waals surface area contributed by atoms with Crippen LogP contribution < -0.4 is 5.73 Å². The Morgan fingerprint density at radius 3 is 2.92 bits per heavy atom. The van der Waals surface area contributed by atoms with Gasteiger partial charge in [0.25, 0.3) is 0 Å². The maximum absolute atomic E-state index is 11.1. The van der Waals surface area contributed by atoms with Gasteiger partial charge in [-0.15, -0.1) is 0 Å². The van der Waals surface area contributed by atoms with E-state index in [2.05, 4.69) is 0 Å². The van der Waals surface area contributed by atoms with Crippen LogP contribution in [-0.2, 0) is 11.3 Å². The Balaban J connectivity index is 1.96. The van der Waals surface area contributed by atoms with Gasteiger partial charge in [-0.3, -0.25) is 4.79 Å². The van der Waals surface area contributed by atoms with Crippen molar-refractivity contribution < 1.29 is 9.21 Å². The molecule has 1 atom stereocenters. The number of β-lactam (4-membered cyclic amide) rings is 1. The second kappa shape index (κ2) is 2.88. The first-order chi connectivity index (χ1) is 6.16. The Morgan fingerprint density at radius 2 is 2.46 bits per heavy atom. The Bertz CT molecular complexity index is 332. The molecule has 1 aliphatic rings. The molecule has 4 heteroatoms. The molecule has 70 valence electrons. The van der Waals surface area contributed by atoms with Crippen LogP contribution in [0.1, 0.15) is 11.5 Å². The van der Waals surface area contributed by atoms with Crippen LogP contribution in [0.2, 0.25) is 0 Å². The number of rotatable bonds is 2. The van der Waals surface area contributed by atoms with E-state index in [1.165, 1.54) is 0 Å². The van der Waals surface area contributed by atoms with E-state index in [1.54, 1.807) is 4.90 Å². The molecule has 0 spiro atoms. The van der Waals surface area contributed by atoms with Crippen molar-refractivity contribution in [2.45, 2.75) is 19.5 Å². The van der Waals surface area contributed by atoms with E-state index in [0.717, 1.165) is 11.5 Å². The van der Waals surface area contributed by atoms with Crippen molar-refractivity contribution in [3.05, 3.63) is 23.7 Å². The molecule has 1 aliphatic heterocycles. The minimum Gasteiger partial charge on any atom is -0.464 e. The monoisotopic (exact) mass is 180 g/mol. The van der Waals surface area contributed by atoms with E-state index >= 15 is 0 Å². The molecule has 4 nitrogen and oxygen atoms in total. The topological polar surface area (TPSA) is 59.5 Å². The number of hydrogen-bond acceptors (Lipinski definition) is 3. The van der Waals surface area contributed by atoms with Crippen LogP contribution in [0.25, 0.3) is 0 Å². The quantitative estimate of drug-likeness (QED) is 0.664. The second-order valence-electron chi connectivity index (χ2n) is 3.34. The Morgan fingerprint density at radius 1 is 1.69 bits per heavy atom. The van der Waals surface area contributed by atoms with Crippen LogP contribution in [0.5, 0.6) is 0 Å². The van der Waals surface area contributed by atoms with Crippen LogP contribution in [0.15, 0.2) is 16.5 Å². The molecule has 0 bridgehead atoms. The average molecular weight is 180 g/mol. The summed E-state index contributed by atoms with van der Waals surface area (Å²) in [5.41, 5.74) is 5.45. The van der Waals surface area contributed by atoms with Crippen LogP contribution in [0, 0.1) is 6.92 Å². The summed E-state index contributed by atoms with van der Waals surface area (Å²) in [4.78, 5) is 12.8. The minimum absolute atomic E-state index is 0.00838. The van der Waals surface area contributed by atoms with Crippen LogP contribution in [0.4, 0.5) is 0 Å². The molecular formula is C9H12N2O2. The predicted octanol–water partition coefficient (Wildman–Crippen LogP) is 0.258. The van der Waals surface area contributed by atoms with E-state index in [4.69, 9.17) is 10.2 Å². The summed E-state index contributed by atoms with van der Waals surface area (Å²) in [5, 5.41) is 0. The number of nitrogens with two attached hydrogens (primary N) is 1. The number of furan rings is 1. The van der Waals surface area contributed by atoms with Gasteiger partial charge in [0.1, 0.15) is 17.6 Å². The van der Waals surface area contributed by atoms with E-state index in [-0.39, 0.29) is 11.9 Å². The standard InChI is InChI=1S/C9H12N2O2/c1-6-2-3-7(13-6)4-11-5-8(10)9(11)12/h2-3,8H,4-5,10H2,1H3. The Kier molecular flexibility index (Phi) is 1.84. The highest BCUT2D eigenvalue weighted by molar-refractivity contribution is 5.87. The first kappa shape index (κ1) is 8.31. The van der Waals surface area contributed by atoms with E-state index in [1.807, 2.05) is 19.1 Å². The highest BCUT2D eigenvalue weighted by Crippen LogP contribution is 2.15. The van der Waals surface area contributed by atoms with E-state index in [0.29, 0.717) is 13.1 Å². The number of amides is 1. The van der Waals surface area contributed by atoms with Crippen molar-refractivity contribution in [1.29, 1.82) is 0 Å². The molecule has 1 aromatic heterocycles. The lowest BCUT2D eigenvalue weighted by molar-refractivity contribution is -0.143. The number of nitrogens with zero attached hydrogens (tertiary/aromatic N) is 1. The zero-order valence-corrected chi connectivity index (χ0v) is 7.49. The lowest BCUT2D eigenvalue weighted by Gasteiger charge is -2.35. The lowest BCUT2D eigenvalue weighted by Crippen LogP contribution is -2.60. The summed E-state index contributed by atoms with van der Waals surface area (Å²) >= 11 is 0. The highest BCUT2D eigenvalue weighted by Gasteiger charge is 2.33. The molecule has 1 unspecified atom stereocenters. The summed E-state index contributed by atoms with van der Waals surface area (Å²) in [7, 11) is 0. The number of likely N-dealkylation sites (tertiary alicyclic amines) is 1.